The van der Waals surface area contributed by atoms with Crippen LogP contribution in [-0.2, 0) is 0 Å². The maximum absolute atomic E-state index is 6.21. The van der Waals surface area contributed by atoms with E-state index in [9.17, 15) is 0 Å². The molecular formula is C16H32N4. The van der Waals surface area contributed by atoms with Gasteiger partial charge >= 0.3 is 0 Å². The molecule has 0 aromatic heterocycles. The van der Waals surface area contributed by atoms with E-state index in [0.29, 0.717) is 5.54 Å². The smallest absolute Gasteiger partial charge is 0.0357 e. The summed E-state index contributed by atoms with van der Waals surface area (Å²) < 4.78 is 0. The summed E-state index contributed by atoms with van der Waals surface area (Å²) in [5, 5.41) is 0. The SMILES string of the molecule is CCN1CCC(CN)(N2CCN(CC3CC3)CC2)CC1. The molecule has 0 bridgehead atoms. The van der Waals surface area contributed by atoms with Crippen molar-refractivity contribution < 1.29 is 0 Å². The molecule has 2 saturated heterocycles. The van der Waals surface area contributed by atoms with Gasteiger partial charge in [-0.1, -0.05) is 6.92 Å². The Morgan fingerprint density at radius 3 is 2.10 bits per heavy atom. The predicted octanol–water partition coefficient (Wildman–Crippen LogP) is 0.827. The molecular weight excluding hydrogens is 248 g/mol. The van der Waals surface area contributed by atoms with Crippen LogP contribution < -0.4 is 5.73 Å². The Morgan fingerprint density at radius 1 is 0.950 bits per heavy atom. The van der Waals surface area contributed by atoms with Gasteiger partial charge in [-0.15, -0.1) is 0 Å². The number of piperazine rings is 1. The van der Waals surface area contributed by atoms with Gasteiger partial charge in [-0.25, -0.2) is 0 Å². The summed E-state index contributed by atoms with van der Waals surface area (Å²) in [6.45, 7) is 13.1. The minimum atomic E-state index is 0.303. The normalized spacial score (nSPS) is 29.7. The first-order valence-corrected chi connectivity index (χ1v) is 8.65. The average molecular weight is 280 g/mol. The molecule has 0 unspecified atom stereocenters. The fourth-order valence-corrected chi connectivity index (χ4v) is 4.01. The number of likely N-dealkylation sites (tertiary alicyclic amines) is 1. The average Bonchev–Trinajstić information content (AvgIpc) is 3.32. The molecule has 0 aromatic rings. The van der Waals surface area contributed by atoms with Crippen LogP contribution in [0.3, 0.4) is 0 Å². The summed E-state index contributed by atoms with van der Waals surface area (Å²) in [5.41, 5.74) is 6.51. The molecule has 0 aromatic carbocycles. The molecule has 2 N–H and O–H groups in total. The zero-order valence-corrected chi connectivity index (χ0v) is 13.2. The highest BCUT2D eigenvalue weighted by Crippen LogP contribution is 2.32. The van der Waals surface area contributed by atoms with E-state index < -0.39 is 0 Å². The van der Waals surface area contributed by atoms with E-state index in [0.717, 1.165) is 12.5 Å². The summed E-state index contributed by atoms with van der Waals surface area (Å²) in [5.74, 6) is 1.03. The largest absolute Gasteiger partial charge is 0.329 e. The molecule has 3 rings (SSSR count). The van der Waals surface area contributed by atoms with Crippen molar-refractivity contribution in [3.63, 3.8) is 0 Å². The van der Waals surface area contributed by atoms with E-state index in [1.165, 1.54) is 78.0 Å². The van der Waals surface area contributed by atoms with Crippen molar-refractivity contribution in [2.75, 3.05) is 58.9 Å². The second kappa shape index (κ2) is 6.30. The Morgan fingerprint density at radius 2 is 1.60 bits per heavy atom. The van der Waals surface area contributed by atoms with Gasteiger partial charge in [-0.3, -0.25) is 4.90 Å². The second-order valence-corrected chi connectivity index (χ2v) is 7.09. The van der Waals surface area contributed by atoms with Gasteiger partial charge in [0.1, 0.15) is 0 Å². The Kier molecular flexibility index (Phi) is 4.65. The second-order valence-electron chi connectivity index (χ2n) is 7.09. The molecule has 1 aliphatic carbocycles. The quantitative estimate of drug-likeness (QED) is 0.809. The van der Waals surface area contributed by atoms with Crippen LogP contribution in [0, 0.1) is 5.92 Å². The van der Waals surface area contributed by atoms with Crippen LogP contribution in [0.4, 0.5) is 0 Å². The van der Waals surface area contributed by atoms with Crippen LogP contribution >= 0.6 is 0 Å². The maximum atomic E-state index is 6.21. The third-order valence-corrected chi connectivity index (χ3v) is 5.87. The predicted molar refractivity (Wildman–Crippen MR) is 83.9 cm³/mol. The number of hydrogen-bond donors (Lipinski definition) is 1. The highest BCUT2D eigenvalue weighted by atomic mass is 15.3. The molecule has 3 aliphatic rings. The van der Waals surface area contributed by atoms with Crippen molar-refractivity contribution in [1.29, 1.82) is 0 Å². The van der Waals surface area contributed by atoms with E-state index in [4.69, 9.17) is 5.73 Å². The van der Waals surface area contributed by atoms with Gasteiger partial charge in [0.05, 0.1) is 0 Å². The molecule has 4 heteroatoms. The Hall–Kier alpha value is -0.160. The molecule has 0 atom stereocenters. The molecule has 0 amide bonds. The van der Waals surface area contributed by atoms with Crippen LogP contribution in [0.2, 0.25) is 0 Å². The monoisotopic (exact) mass is 280 g/mol. The first kappa shape index (κ1) is 14.8. The first-order chi connectivity index (χ1) is 9.75. The van der Waals surface area contributed by atoms with Gasteiger partial charge < -0.3 is 15.5 Å². The topological polar surface area (TPSA) is 35.7 Å². The van der Waals surface area contributed by atoms with Crippen LogP contribution in [0.1, 0.15) is 32.6 Å². The Bertz CT molecular complexity index is 300. The van der Waals surface area contributed by atoms with Crippen LogP contribution in [0.5, 0.6) is 0 Å². The standard InChI is InChI=1S/C16H32N4/c1-2-18-7-5-16(14-17,6-8-18)20-11-9-19(10-12-20)13-15-3-4-15/h15H,2-14,17H2,1H3. The number of nitrogens with two attached hydrogens (primary N) is 1. The summed E-state index contributed by atoms with van der Waals surface area (Å²) in [7, 11) is 0. The zero-order valence-electron chi connectivity index (χ0n) is 13.2. The Balaban J connectivity index is 1.52. The van der Waals surface area contributed by atoms with E-state index in [1.54, 1.807) is 0 Å². The molecule has 2 aliphatic heterocycles. The lowest BCUT2D eigenvalue weighted by Crippen LogP contribution is -2.63. The molecule has 1 saturated carbocycles. The van der Waals surface area contributed by atoms with E-state index in [2.05, 4.69) is 21.6 Å². The molecule has 0 radical (unpaired) electrons. The third-order valence-electron chi connectivity index (χ3n) is 5.87. The highest BCUT2D eigenvalue weighted by molar-refractivity contribution is 4.98. The fourth-order valence-electron chi connectivity index (χ4n) is 4.01. The first-order valence-electron chi connectivity index (χ1n) is 8.65. The summed E-state index contributed by atoms with van der Waals surface area (Å²) in [6, 6.07) is 0. The van der Waals surface area contributed by atoms with Crippen LogP contribution in [0.15, 0.2) is 0 Å². The van der Waals surface area contributed by atoms with Gasteiger partial charge in [0.15, 0.2) is 0 Å². The molecule has 20 heavy (non-hydrogen) atoms. The van der Waals surface area contributed by atoms with Gasteiger partial charge in [0.25, 0.3) is 0 Å². The lowest BCUT2D eigenvalue weighted by atomic mass is 9.85. The molecule has 0 spiro atoms. The lowest BCUT2D eigenvalue weighted by molar-refractivity contribution is -0.00548. The maximum Gasteiger partial charge on any atom is 0.0357 e. The van der Waals surface area contributed by atoms with Gasteiger partial charge in [-0.05, 0) is 51.2 Å². The van der Waals surface area contributed by atoms with Crippen molar-refractivity contribution in [1.82, 2.24) is 14.7 Å². The van der Waals surface area contributed by atoms with Crippen LogP contribution in [-0.4, -0.2) is 79.1 Å². The summed E-state index contributed by atoms with van der Waals surface area (Å²) in [6.07, 6.45) is 5.47. The van der Waals surface area contributed by atoms with E-state index in [-0.39, 0.29) is 0 Å². The highest BCUT2D eigenvalue weighted by Gasteiger charge is 2.40. The Labute approximate surface area is 124 Å². The van der Waals surface area contributed by atoms with E-state index >= 15 is 0 Å². The summed E-state index contributed by atoms with van der Waals surface area (Å²) in [4.78, 5) is 7.97. The lowest BCUT2D eigenvalue weighted by Gasteiger charge is -2.51. The van der Waals surface area contributed by atoms with Crippen molar-refractivity contribution in [2.24, 2.45) is 11.7 Å². The molecule has 2 heterocycles. The van der Waals surface area contributed by atoms with Gasteiger partial charge in [0, 0.05) is 44.8 Å². The van der Waals surface area contributed by atoms with Crippen molar-refractivity contribution in [3.05, 3.63) is 0 Å². The van der Waals surface area contributed by atoms with Crippen molar-refractivity contribution in [2.45, 2.75) is 38.1 Å². The van der Waals surface area contributed by atoms with Gasteiger partial charge in [-0.2, -0.15) is 0 Å². The van der Waals surface area contributed by atoms with E-state index in [1.807, 2.05) is 0 Å². The fraction of sp³-hybridized carbons (Fsp3) is 1.00. The molecule has 4 nitrogen and oxygen atoms in total. The third kappa shape index (κ3) is 3.19. The molecule has 3 fully saturated rings. The number of hydrogen-bond acceptors (Lipinski definition) is 4. The summed E-state index contributed by atoms with van der Waals surface area (Å²) >= 11 is 0. The molecule has 116 valence electrons. The van der Waals surface area contributed by atoms with Gasteiger partial charge in [0.2, 0.25) is 0 Å². The van der Waals surface area contributed by atoms with Crippen molar-refractivity contribution in [3.8, 4) is 0 Å². The zero-order chi connectivity index (χ0) is 14.0. The number of nitrogens with zero attached hydrogens (tertiary/aromatic N) is 3. The number of piperidine rings is 1. The van der Waals surface area contributed by atoms with Crippen LogP contribution in [0.25, 0.3) is 0 Å². The minimum Gasteiger partial charge on any atom is -0.329 e. The van der Waals surface area contributed by atoms with Crippen molar-refractivity contribution >= 4 is 0 Å². The minimum absolute atomic E-state index is 0.303. The number of rotatable bonds is 5.